The summed E-state index contributed by atoms with van der Waals surface area (Å²) < 4.78 is 86.7. The molecule has 1 aromatic heterocycles. The van der Waals surface area contributed by atoms with Gasteiger partial charge < -0.3 is 14.2 Å². The van der Waals surface area contributed by atoms with Crippen LogP contribution in [0.2, 0.25) is 0 Å². The molecule has 11 nitrogen and oxygen atoms in total. The number of hydrogen-bond donors (Lipinski definition) is 1. The fourth-order valence-corrected chi connectivity index (χ4v) is 3.04. The number of aromatic nitrogens is 2. The number of methoxy groups -OCH3 is 1. The topological polar surface area (TPSA) is 137 Å². The van der Waals surface area contributed by atoms with Crippen LogP contribution >= 0.6 is 0 Å². The van der Waals surface area contributed by atoms with E-state index in [1.54, 1.807) is 5.32 Å². The zero-order valence-electron chi connectivity index (χ0n) is 15.2. The van der Waals surface area contributed by atoms with Crippen LogP contribution in [-0.2, 0) is 14.8 Å². The van der Waals surface area contributed by atoms with Crippen LogP contribution in [-0.4, -0.2) is 50.1 Å². The van der Waals surface area contributed by atoms with Gasteiger partial charge in [0.15, 0.2) is 0 Å². The summed E-state index contributed by atoms with van der Waals surface area (Å²) in [5.74, 6) is -2.89. The van der Waals surface area contributed by atoms with Crippen molar-refractivity contribution >= 4 is 33.0 Å². The van der Waals surface area contributed by atoms with Crippen molar-refractivity contribution < 1.29 is 49.8 Å². The molecule has 0 radical (unpaired) electrons. The molecule has 0 fully saturated rings. The van der Waals surface area contributed by atoms with Gasteiger partial charge in [-0.25, -0.2) is 9.59 Å². The Morgan fingerprint density at radius 3 is 1.97 bits per heavy atom. The van der Waals surface area contributed by atoms with E-state index in [1.807, 2.05) is 0 Å². The monoisotopic (exact) mass is 468 g/mol. The molecule has 16 heteroatoms. The van der Waals surface area contributed by atoms with Crippen LogP contribution in [0.1, 0.15) is 0 Å². The van der Waals surface area contributed by atoms with Gasteiger partial charge in [-0.05, 0) is 12.1 Å². The van der Waals surface area contributed by atoms with Gasteiger partial charge in [0, 0.05) is 0 Å². The van der Waals surface area contributed by atoms with Crippen LogP contribution < -0.4 is 19.1 Å². The van der Waals surface area contributed by atoms with Crippen molar-refractivity contribution in [3.8, 4) is 11.8 Å². The Labute approximate surface area is 171 Å². The first-order chi connectivity index (χ1) is 14.5. The van der Waals surface area contributed by atoms with E-state index in [-0.39, 0.29) is 9.99 Å². The minimum Gasteiger partial charge on any atom is -0.456 e. The van der Waals surface area contributed by atoms with Crippen LogP contribution in [0, 0.1) is 0 Å². The predicted octanol–water partition coefficient (Wildman–Crippen LogP) is 2.81. The highest BCUT2D eigenvalue weighted by Gasteiger charge is 2.37. The van der Waals surface area contributed by atoms with Gasteiger partial charge >= 0.3 is 34.6 Å². The molecule has 2 amide bonds. The number of para-hydroxylation sites is 1. The molecular weight excluding hydrogens is 456 g/mol. The van der Waals surface area contributed by atoms with Gasteiger partial charge in [0.25, 0.3) is 0 Å². The maximum atomic E-state index is 12.6. The second kappa shape index (κ2) is 9.88. The van der Waals surface area contributed by atoms with Gasteiger partial charge in [0.2, 0.25) is 17.7 Å². The summed E-state index contributed by atoms with van der Waals surface area (Å²) >= 11 is 0. The number of amides is 2. The third-order valence-electron chi connectivity index (χ3n) is 3.11. The average molecular weight is 468 g/mol. The number of ether oxygens (including phenoxy) is 3. The number of benzene rings is 1. The lowest BCUT2D eigenvalue weighted by Crippen LogP contribution is -2.43. The van der Waals surface area contributed by atoms with Crippen molar-refractivity contribution in [1.82, 2.24) is 9.97 Å². The standard InChI is InChI=1S/C15H12F4N4O7S/c1-28-15(25)31(26,27)23(8-5-3-2-4-6-8)14(24)22-13-20-9(29-11(16)17)7-10(21-13)30-12(18)19/h2-7,11-12H,1H3,(H,20,21,22,24). The molecule has 0 saturated heterocycles. The number of nitrogens with zero attached hydrogens (tertiary/aromatic N) is 3. The van der Waals surface area contributed by atoms with E-state index in [1.165, 1.54) is 18.2 Å². The van der Waals surface area contributed by atoms with E-state index in [2.05, 4.69) is 24.2 Å². The lowest BCUT2D eigenvalue weighted by atomic mass is 10.3. The van der Waals surface area contributed by atoms with Gasteiger partial charge in [0.1, 0.15) is 0 Å². The van der Waals surface area contributed by atoms with E-state index in [9.17, 15) is 35.6 Å². The lowest BCUT2D eigenvalue weighted by molar-refractivity contribution is -0.0579. The molecule has 0 bridgehead atoms. The van der Waals surface area contributed by atoms with Crippen LogP contribution in [0.5, 0.6) is 11.8 Å². The number of carbonyl (C=O) groups excluding carboxylic acids is 2. The molecule has 0 unspecified atom stereocenters. The zero-order chi connectivity index (χ0) is 23.2. The first kappa shape index (κ1) is 23.6. The van der Waals surface area contributed by atoms with Crippen LogP contribution in [0.25, 0.3) is 0 Å². The van der Waals surface area contributed by atoms with Crippen molar-refractivity contribution in [2.75, 3.05) is 16.7 Å². The molecule has 168 valence electrons. The molecule has 0 aliphatic carbocycles. The summed E-state index contributed by atoms with van der Waals surface area (Å²) in [6.07, 6.45) is 0. The summed E-state index contributed by atoms with van der Waals surface area (Å²) in [5, 5.41) is -0.0210. The number of sulfonamides is 1. The highest BCUT2D eigenvalue weighted by atomic mass is 32.2. The Hall–Kier alpha value is -3.69. The smallest absolute Gasteiger partial charge is 0.445 e. The molecule has 1 N–H and O–H groups in total. The Kier molecular flexibility index (Phi) is 7.51. The number of rotatable bonds is 6. The normalized spacial score (nSPS) is 11.2. The number of alkyl halides is 4. The molecular formula is C15H12F4N4O7S. The van der Waals surface area contributed by atoms with E-state index in [0.717, 1.165) is 19.2 Å². The number of urea groups is 1. The summed E-state index contributed by atoms with van der Waals surface area (Å²) in [6, 6.07) is 5.34. The quantitative estimate of drug-likeness (QED) is 0.501. The minimum atomic E-state index is -5.08. The second-order valence-electron chi connectivity index (χ2n) is 5.11. The van der Waals surface area contributed by atoms with Gasteiger partial charge in [0.05, 0.1) is 18.9 Å². The molecule has 0 aliphatic heterocycles. The third-order valence-corrected chi connectivity index (χ3v) is 4.56. The average Bonchev–Trinajstić information content (AvgIpc) is 2.66. The van der Waals surface area contributed by atoms with Crippen LogP contribution in [0.15, 0.2) is 36.4 Å². The molecule has 0 spiro atoms. The van der Waals surface area contributed by atoms with E-state index in [0.29, 0.717) is 6.07 Å². The van der Waals surface area contributed by atoms with Crippen molar-refractivity contribution in [2.45, 2.75) is 13.2 Å². The summed E-state index contributed by atoms with van der Waals surface area (Å²) in [7, 11) is -4.33. The number of hydrogen-bond acceptors (Lipinski definition) is 9. The number of halogens is 4. The van der Waals surface area contributed by atoms with Crippen LogP contribution in [0.4, 0.5) is 38.8 Å². The number of anilines is 2. The molecule has 0 atom stereocenters. The zero-order valence-corrected chi connectivity index (χ0v) is 16.1. The number of nitrogens with one attached hydrogen (secondary N) is 1. The first-order valence-electron chi connectivity index (χ1n) is 7.82. The number of carbonyl (C=O) groups is 2. The van der Waals surface area contributed by atoms with Gasteiger partial charge in [-0.1, -0.05) is 18.2 Å². The summed E-state index contributed by atoms with van der Waals surface area (Å²) in [5.41, 5.74) is -0.325. The Morgan fingerprint density at radius 1 is 1.00 bits per heavy atom. The molecule has 31 heavy (non-hydrogen) atoms. The van der Waals surface area contributed by atoms with Crippen molar-refractivity contribution in [3.63, 3.8) is 0 Å². The highest BCUT2D eigenvalue weighted by Crippen LogP contribution is 2.24. The van der Waals surface area contributed by atoms with E-state index < -0.39 is 52.3 Å². The van der Waals surface area contributed by atoms with Crippen molar-refractivity contribution in [1.29, 1.82) is 0 Å². The maximum Gasteiger partial charge on any atom is 0.445 e. The Balaban J connectivity index is 2.46. The van der Waals surface area contributed by atoms with Crippen LogP contribution in [0.3, 0.4) is 0 Å². The Morgan fingerprint density at radius 2 is 1.52 bits per heavy atom. The molecule has 2 aromatic rings. The fourth-order valence-electron chi connectivity index (χ4n) is 2.02. The lowest BCUT2D eigenvalue weighted by Gasteiger charge is -2.21. The summed E-state index contributed by atoms with van der Waals surface area (Å²) in [6.45, 7) is -6.84. The summed E-state index contributed by atoms with van der Waals surface area (Å²) in [4.78, 5) is 31.0. The first-order valence-corrected chi connectivity index (χ1v) is 9.26. The van der Waals surface area contributed by atoms with E-state index in [4.69, 9.17) is 0 Å². The Bertz CT molecular complexity index is 1010. The largest absolute Gasteiger partial charge is 0.456 e. The van der Waals surface area contributed by atoms with Gasteiger partial charge in [-0.3, -0.25) is 5.32 Å². The minimum absolute atomic E-state index is 0.0313. The van der Waals surface area contributed by atoms with Gasteiger partial charge in [-0.15, -0.1) is 0 Å². The molecule has 0 saturated carbocycles. The molecule has 1 aromatic carbocycles. The van der Waals surface area contributed by atoms with Crippen molar-refractivity contribution in [3.05, 3.63) is 36.4 Å². The molecule has 1 heterocycles. The third kappa shape index (κ3) is 6.14. The maximum absolute atomic E-state index is 12.6. The SMILES string of the molecule is COC(=O)S(=O)(=O)N(C(=O)Nc1nc(OC(F)F)cc(OC(F)F)n1)c1ccccc1. The van der Waals surface area contributed by atoms with E-state index >= 15 is 0 Å². The molecule has 2 rings (SSSR count). The predicted molar refractivity (Wildman–Crippen MR) is 94.6 cm³/mol. The highest BCUT2D eigenvalue weighted by molar-refractivity contribution is 8.07. The fraction of sp³-hybridized carbons (Fsp3) is 0.200. The van der Waals surface area contributed by atoms with Crippen molar-refractivity contribution in [2.24, 2.45) is 0 Å². The van der Waals surface area contributed by atoms with Gasteiger partial charge in [-0.2, -0.15) is 40.3 Å². The molecule has 0 aliphatic rings. The second-order valence-corrected chi connectivity index (χ2v) is 6.76.